The third-order valence-electron chi connectivity index (χ3n) is 2.36. The van der Waals surface area contributed by atoms with Gasteiger partial charge in [-0.05, 0) is 19.1 Å². The molecule has 1 N–H and O–H groups in total. The Morgan fingerprint density at radius 1 is 1.24 bits per heavy atom. The molecule has 0 aliphatic heterocycles. The summed E-state index contributed by atoms with van der Waals surface area (Å²) in [5.74, 6) is 0.530. The second kappa shape index (κ2) is 4.88. The fraction of sp³-hybridized carbons (Fsp3) is 0.250. The molecular formula is C12H13N3O2. The Morgan fingerprint density at radius 2 is 2.06 bits per heavy atom. The number of aryl methyl sites for hydroxylation is 1. The largest absolute Gasteiger partial charge is 0.495 e. The Hall–Kier alpha value is -2.01. The first-order valence-corrected chi connectivity index (χ1v) is 5.18. The number of hydrogen-bond donors (Lipinski definition) is 1. The number of ether oxygens (including phenoxy) is 1. The van der Waals surface area contributed by atoms with Gasteiger partial charge in [0.1, 0.15) is 17.5 Å². The Kier molecular flexibility index (Phi) is 3.30. The molecule has 17 heavy (non-hydrogen) atoms. The molecule has 0 spiro atoms. The maximum atomic E-state index is 10.1. The van der Waals surface area contributed by atoms with Gasteiger partial charge in [-0.1, -0.05) is 0 Å². The topological polar surface area (TPSA) is 68.1 Å². The Morgan fingerprint density at radius 3 is 2.71 bits per heavy atom. The van der Waals surface area contributed by atoms with E-state index in [0.717, 1.165) is 5.69 Å². The van der Waals surface area contributed by atoms with Crippen LogP contribution < -0.4 is 4.74 Å². The molecule has 1 unspecified atom stereocenters. The zero-order valence-corrected chi connectivity index (χ0v) is 9.66. The van der Waals surface area contributed by atoms with Gasteiger partial charge in [-0.3, -0.25) is 15.0 Å². The maximum absolute atomic E-state index is 10.1. The quantitative estimate of drug-likeness (QED) is 0.861. The van der Waals surface area contributed by atoms with E-state index < -0.39 is 6.10 Å². The molecule has 2 rings (SSSR count). The van der Waals surface area contributed by atoms with E-state index in [4.69, 9.17) is 4.74 Å². The van der Waals surface area contributed by atoms with Crippen LogP contribution >= 0.6 is 0 Å². The minimum atomic E-state index is -0.931. The monoisotopic (exact) mass is 231 g/mol. The number of nitrogens with zero attached hydrogens (tertiary/aromatic N) is 3. The lowest BCUT2D eigenvalue weighted by Gasteiger charge is -2.12. The van der Waals surface area contributed by atoms with E-state index in [1.165, 1.54) is 13.3 Å². The van der Waals surface area contributed by atoms with Crippen LogP contribution in [0, 0.1) is 6.92 Å². The highest BCUT2D eigenvalue weighted by Crippen LogP contribution is 2.25. The molecule has 2 aromatic rings. The summed E-state index contributed by atoms with van der Waals surface area (Å²) in [5, 5.41) is 10.1. The first-order valence-electron chi connectivity index (χ1n) is 5.18. The Labute approximate surface area is 99.2 Å². The first-order chi connectivity index (χ1) is 8.22. The molecule has 2 heterocycles. The van der Waals surface area contributed by atoms with E-state index in [2.05, 4.69) is 15.0 Å². The molecule has 0 aromatic carbocycles. The average Bonchev–Trinajstić information content (AvgIpc) is 2.39. The summed E-state index contributed by atoms with van der Waals surface area (Å²) in [6.07, 6.45) is 3.81. The highest BCUT2D eigenvalue weighted by atomic mass is 16.5. The van der Waals surface area contributed by atoms with Crippen molar-refractivity contribution in [1.29, 1.82) is 0 Å². The van der Waals surface area contributed by atoms with Crippen LogP contribution in [0.25, 0.3) is 0 Å². The number of pyridine rings is 1. The molecule has 1 atom stereocenters. The number of aliphatic hydroxyl groups is 1. The third kappa shape index (κ3) is 2.39. The molecule has 0 fully saturated rings. The fourth-order valence-electron chi connectivity index (χ4n) is 1.46. The number of aromatic nitrogens is 3. The van der Waals surface area contributed by atoms with Crippen LogP contribution in [0.5, 0.6) is 5.75 Å². The van der Waals surface area contributed by atoms with Gasteiger partial charge in [0.25, 0.3) is 0 Å². The van der Waals surface area contributed by atoms with Gasteiger partial charge in [0, 0.05) is 12.4 Å². The number of methoxy groups -OCH3 is 1. The molecule has 0 radical (unpaired) electrons. The van der Waals surface area contributed by atoms with Crippen molar-refractivity contribution in [3.05, 3.63) is 47.8 Å². The van der Waals surface area contributed by atoms with Crippen LogP contribution in [0.4, 0.5) is 0 Å². The molecule has 0 aliphatic rings. The van der Waals surface area contributed by atoms with E-state index in [9.17, 15) is 5.11 Å². The van der Waals surface area contributed by atoms with Crippen LogP contribution in [0.15, 0.2) is 30.7 Å². The van der Waals surface area contributed by atoms with E-state index >= 15 is 0 Å². The molecule has 0 saturated heterocycles. The predicted octanol–water partition coefficient (Wildman–Crippen LogP) is 1.27. The summed E-state index contributed by atoms with van der Waals surface area (Å²) in [4.78, 5) is 12.3. The third-order valence-corrected chi connectivity index (χ3v) is 2.36. The van der Waals surface area contributed by atoms with Gasteiger partial charge in [0.2, 0.25) is 0 Å². The fourth-order valence-corrected chi connectivity index (χ4v) is 1.46. The van der Waals surface area contributed by atoms with Crippen molar-refractivity contribution in [3.8, 4) is 5.75 Å². The predicted molar refractivity (Wildman–Crippen MR) is 61.6 cm³/mol. The SMILES string of the molecule is COc1cccnc1C(O)c1cnc(C)cn1. The summed E-state index contributed by atoms with van der Waals surface area (Å²) in [6, 6.07) is 3.49. The van der Waals surface area contributed by atoms with Crippen LogP contribution in [0.3, 0.4) is 0 Å². The van der Waals surface area contributed by atoms with Gasteiger partial charge in [-0.25, -0.2) is 0 Å². The average molecular weight is 231 g/mol. The van der Waals surface area contributed by atoms with Gasteiger partial charge in [0.15, 0.2) is 0 Å². The summed E-state index contributed by atoms with van der Waals surface area (Å²) >= 11 is 0. The second-order valence-corrected chi connectivity index (χ2v) is 3.58. The van der Waals surface area contributed by atoms with Crippen LogP contribution in [-0.4, -0.2) is 27.2 Å². The normalized spacial score (nSPS) is 12.2. The van der Waals surface area contributed by atoms with Crippen molar-refractivity contribution in [2.45, 2.75) is 13.0 Å². The van der Waals surface area contributed by atoms with E-state index in [1.54, 1.807) is 24.5 Å². The molecule has 0 bridgehead atoms. The number of hydrogen-bond acceptors (Lipinski definition) is 5. The molecular weight excluding hydrogens is 218 g/mol. The van der Waals surface area contributed by atoms with Crippen LogP contribution in [0.2, 0.25) is 0 Å². The van der Waals surface area contributed by atoms with Crippen LogP contribution in [0.1, 0.15) is 23.2 Å². The molecule has 5 nitrogen and oxygen atoms in total. The minimum absolute atomic E-state index is 0.438. The summed E-state index contributed by atoms with van der Waals surface area (Å²) < 4.78 is 5.14. The van der Waals surface area contributed by atoms with Gasteiger partial charge in [-0.15, -0.1) is 0 Å². The molecule has 0 saturated carbocycles. The van der Waals surface area contributed by atoms with E-state index in [1.807, 2.05) is 6.92 Å². The molecule has 0 amide bonds. The smallest absolute Gasteiger partial charge is 0.143 e. The van der Waals surface area contributed by atoms with Crippen molar-refractivity contribution in [2.24, 2.45) is 0 Å². The Bertz CT molecular complexity index is 499. The van der Waals surface area contributed by atoms with Crippen LogP contribution in [-0.2, 0) is 0 Å². The van der Waals surface area contributed by atoms with Crippen molar-refractivity contribution in [3.63, 3.8) is 0 Å². The second-order valence-electron chi connectivity index (χ2n) is 3.58. The lowest BCUT2D eigenvalue weighted by atomic mass is 10.1. The van der Waals surface area contributed by atoms with E-state index in [-0.39, 0.29) is 0 Å². The summed E-state index contributed by atoms with van der Waals surface area (Å²) in [6.45, 7) is 1.84. The molecule has 88 valence electrons. The standard InChI is InChI=1S/C12H13N3O2/c1-8-6-15-9(7-14-8)12(16)11-10(17-2)4-3-5-13-11/h3-7,12,16H,1-2H3. The van der Waals surface area contributed by atoms with Gasteiger partial charge < -0.3 is 9.84 Å². The van der Waals surface area contributed by atoms with E-state index in [0.29, 0.717) is 17.1 Å². The Balaban J connectivity index is 2.36. The van der Waals surface area contributed by atoms with Crippen molar-refractivity contribution in [2.75, 3.05) is 7.11 Å². The van der Waals surface area contributed by atoms with Crippen molar-refractivity contribution >= 4 is 0 Å². The molecule has 0 aliphatic carbocycles. The van der Waals surface area contributed by atoms with Gasteiger partial charge in [0.05, 0.1) is 24.7 Å². The highest BCUT2D eigenvalue weighted by Gasteiger charge is 2.17. The first kappa shape index (κ1) is 11.5. The van der Waals surface area contributed by atoms with Gasteiger partial charge >= 0.3 is 0 Å². The lowest BCUT2D eigenvalue weighted by Crippen LogP contribution is -2.07. The molecule has 5 heteroatoms. The molecule has 2 aromatic heterocycles. The number of aliphatic hydroxyl groups excluding tert-OH is 1. The maximum Gasteiger partial charge on any atom is 0.143 e. The zero-order valence-electron chi connectivity index (χ0n) is 9.66. The highest BCUT2D eigenvalue weighted by molar-refractivity contribution is 5.32. The lowest BCUT2D eigenvalue weighted by molar-refractivity contribution is 0.204. The summed E-state index contributed by atoms with van der Waals surface area (Å²) in [7, 11) is 1.54. The van der Waals surface area contributed by atoms with Gasteiger partial charge in [-0.2, -0.15) is 0 Å². The number of rotatable bonds is 3. The zero-order chi connectivity index (χ0) is 12.3. The van der Waals surface area contributed by atoms with Crippen molar-refractivity contribution < 1.29 is 9.84 Å². The minimum Gasteiger partial charge on any atom is -0.495 e. The summed E-state index contributed by atoms with van der Waals surface area (Å²) in [5.41, 5.74) is 1.69. The van der Waals surface area contributed by atoms with Crippen molar-refractivity contribution in [1.82, 2.24) is 15.0 Å².